The van der Waals surface area contributed by atoms with Gasteiger partial charge in [0.2, 0.25) is 0 Å². The summed E-state index contributed by atoms with van der Waals surface area (Å²) in [6.07, 6.45) is 4.06. The number of aryl methyl sites for hydroxylation is 2. The molecule has 0 N–H and O–H groups in total. The van der Waals surface area contributed by atoms with Crippen LogP contribution in [0.3, 0.4) is 0 Å². The molecule has 0 saturated carbocycles. The quantitative estimate of drug-likeness (QED) is 0.399. The molecule has 2 aromatic rings. The number of rotatable bonds is 10. The van der Waals surface area contributed by atoms with Gasteiger partial charge in [0.15, 0.2) is 0 Å². The van der Waals surface area contributed by atoms with Gasteiger partial charge >= 0.3 is 5.97 Å². The molecule has 1 fully saturated rings. The van der Waals surface area contributed by atoms with Gasteiger partial charge in [0.05, 0.1) is 20.1 Å². The van der Waals surface area contributed by atoms with E-state index in [0.29, 0.717) is 19.1 Å². The summed E-state index contributed by atoms with van der Waals surface area (Å²) in [5.41, 5.74) is 2.42. The van der Waals surface area contributed by atoms with E-state index in [0.717, 1.165) is 43.7 Å². The van der Waals surface area contributed by atoms with E-state index >= 15 is 0 Å². The lowest BCUT2D eigenvalue weighted by molar-refractivity contribution is -0.150. The summed E-state index contributed by atoms with van der Waals surface area (Å²) in [6.45, 7) is 7.61. The molecule has 1 aliphatic heterocycles. The fourth-order valence-corrected chi connectivity index (χ4v) is 4.38. The second-order valence-electron chi connectivity index (χ2n) is 10.3. The van der Waals surface area contributed by atoms with Gasteiger partial charge in [0.1, 0.15) is 17.6 Å². The van der Waals surface area contributed by atoms with E-state index in [9.17, 15) is 4.79 Å². The Labute approximate surface area is 211 Å². The van der Waals surface area contributed by atoms with Crippen LogP contribution in [0.5, 0.6) is 11.5 Å². The predicted molar refractivity (Wildman–Crippen MR) is 139 cm³/mol. The minimum Gasteiger partial charge on any atom is -0.497 e. The number of esters is 1. The first kappa shape index (κ1) is 28.0. The van der Waals surface area contributed by atoms with Gasteiger partial charge in [0.25, 0.3) is 0 Å². The van der Waals surface area contributed by atoms with Gasteiger partial charge in [-0.1, -0.05) is 51.1 Å². The number of nitrogens with zero attached hydrogens (tertiary/aromatic N) is 1. The van der Waals surface area contributed by atoms with Crippen LogP contribution in [0.25, 0.3) is 0 Å². The zero-order chi connectivity index (χ0) is 23.8. The molecule has 2 aromatic carbocycles. The second-order valence-corrected chi connectivity index (χ2v) is 10.3. The van der Waals surface area contributed by atoms with Crippen LogP contribution < -0.4 is 9.47 Å². The summed E-state index contributed by atoms with van der Waals surface area (Å²) < 4.78 is 17.3. The maximum absolute atomic E-state index is 12.2. The number of halogens is 1. The van der Waals surface area contributed by atoms with E-state index < -0.39 is 0 Å². The Morgan fingerprint density at radius 3 is 2.59 bits per heavy atom. The molecule has 6 heteroatoms. The number of carbonyl (C=O) groups is 1. The van der Waals surface area contributed by atoms with Crippen LogP contribution in [0.15, 0.2) is 48.5 Å². The van der Waals surface area contributed by atoms with E-state index in [2.05, 4.69) is 63.1 Å². The Hall–Kier alpha value is -2.24. The number of benzene rings is 2. The molecular weight excluding hydrogens is 450 g/mol. The first-order chi connectivity index (χ1) is 15.7. The molecule has 5 nitrogen and oxygen atoms in total. The second kappa shape index (κ2) is 13.0. The topological polar surface area (TPSA) is 48.0 Å². The lowest BCUT2D eigenvalue weighted by Gasteiger charge is -2.19. The number of methoxy groups -OCH3 is 1. The Balaban J connectivity index is 0.00000408. The highest BCUT2D eigenvalue weighted by molar-refractivity contribution is 5.85. The van der Waals surface area contributed by atoms with Crippen molar-refractivity contribution in [2.24, 2.45) is 5.41 Å². The van der Waals surface area contributed by atoms with Gasteiger partial charge in [-0.25, -0.2) is 0 Å². The summed E-state index contributed by atoms with van der Waals surface area (Å²) in [4.78, 5) is 14.5. The smallest absolute Gasteiger partial charge is 0.306 e. The van der Waals surface area contributed by atoms with Crippen molar-refractivity contribution in [2.45, 2.75) is 65.0 Å². The number of para-hydroxylation sites is 1. The van der Waals surface area contributed by atoms with Gasteiger partial charge in [-0.05, 0) is 61.1 Å². The minimum atomic E-state index is -0.0947. The molecule has 34 heavy (non-hydrogen) atoms. The van der Waals surface area contributed by atoms with Crippen LogP contribution in [0, 0.1) is 5.41 Å². The van der Waals surface area contributed by atoms with Crippen LogP contribution in [-0.2, 0) is 22.4 Å². The third-order valence-corrected chi connectivity index (χ3v) is 6.12. The van der Waals surface area contributed by atoms with Gasteiger partial charge in [-0.2, -0.15) is 0 Å². The van der Waals surface area contributed by atoms with E-state index in [1.54, 1.807) is 7.11 Å². The third-order valence-electron chi connectivity index (χ3n) is 6.12. The number of carbonyl (C=O) groups excluding carboxylic acids is 1. The molecule has 0 spiro atoms. The lowest BCUT2D eigenvalue weighted by Crippen LogP contribution is -2.27. The molecule has 0 unspecified atom stereocenters. The first-order valence-corrected chi connectivity index (χ1v) is 12.0. The number of likely N-dealkylation sites (N-methyl/N-ethyl adjacent to an activating group) is 1. The van der Waals surface area contributed by atoms with Crippen molar-refractivity contribution in [3.63, 3.8) is 0 Å². The molecule has 0 bridgehead atoms. The summed E-state index contributed by atoms with van der Waals surface area (Å²) in [7, 11) is 3.80. The van der Waals surface area contributed by atoms with Gasteiger partial charge in [-0.3, -0.25) is 9.69 Å². The highest BCUT2D eigenvalue weighted by atomic mass is 35.5. The van der Waals surface area contributed by atoms with E-state index in [1.165, 1.54) is 11.1 Å². The Kier molecular flexibility index (Phi) is 10.7. The summed E-state index contributed by atoms with van der Waals surface area (Å²) in [6, 6.07) is 16.9. The predicted octanol–water partition coefficient (Wildman–Crippen LogP) is 5.72. The van der Waals surface area contributed by atoms with E-state index in [1.807, 2.05) is 18.2 Å². The van der Waals surface area contributed by atoms with Crippen LogP contribution in [0.1, 0.15) is 51.2 Å². The van der Waals surface area contributed by atoms with Crippen LogP contribution in [0.4, 0.5) is 0 Å². The molecule has 2 atom stereocenters. The maximum atomic E-state index is 12.2. The standard InChI is InChI=1S/C28H39NO4.ClH/c1-28(2,3)19-27(30)33-25-18-23(29(4)20-25)15-16-32-26-12-7-6-10-22(26)14-13-21-9-8-11-24(17-21)31-5;/h6-12,17,23,25H,13-16,18-20H2,1-5H3;1H/t23-,25-;/m1./s1. The molecule has 3 rings (SSSR count). The third kappa shape index (κ3) is 8.84. The molecule has 1 heterocycles. The van der Waals surface area contributed by atoms with E-state index in [-0.39, 0.29) is 29.9 Å². The Morgan fingerprint density at radius 2 is 1.85 bits per heavy atom. The summed E-state index contributed by atoms with van der Waals surface area (Å²) in [5.74, 6) is 1.75. The highest BCUT2D eigenvalue weighted by Crippen LogP contribution is 2.26. The van der Waals surface area contributed by atoms with Gasteiger partial charge in [-0.15, -0.1) is 12.4 Å². The SMILES string of the molecule is COc1cccc(CCc2ccccc2OCC[C@@H]2C[C@@H](OC(=O)CC(C)(C)C)CN2C)c1.Cl. The first-order valence-electron chi connectivity index (χ1n) is 12.0. The van der Waals surface area contributed by atoms with Crippen molar-refractivity contribution in [3.05, 3.63) is 59.7 Å². The van der Waals surface area contributed by atoms with Gasteiger partial charge < -0.3 is 14.2 Å². The largest absolute Gasteiger partial charge is 0.497 e. The fraction of sp³-hybridized carbons (Fsp3) is 0.536. The van der Waals surface area contributed by atoms with E-state index in [4.69, 9.17) is 14.2 Å². The van der Waals surface area contributed by atoms with Crippen molar-refractivity contribution in [2.75, 3.05) is 27.3 Å². The molecular formula is C28H40ClNO4. The number of likely N-dealkylation sites (tertiary alicyclic amines) is 1. The number of hydrogen-bond donors (Lipinski definition) is 0. The molecule has 1 saturated heterocycles. The van der Waals surface area contributed by atoms with Crippen molar-refractivity contribution in [1.29, 1.82) is 0 Å². The summed E-state index contributed by atoms with van der Waals surface area (Å²) in [5, 5.41) is 0. The van der Waals surface area contributed by atoms with Crippen molar-refractivity contribution in [3.8, 4) is 11.5 Å². The molecule has 0 aliphatic carbocycles. The van der Waals surface area contributed by atoms with Crippen LogP contribution in [0.2, 0.25) is 0 Å². The Bertz CT molecular complexity index is 911. The average Bonchev–Trinajstić information content (AvgIpc) is 3.10. The van der Waals surface area contributed by atoms with Crippen molar-refractivity contribution < 1.29 is 19.0 Å². The normalized spacial score (nSPS) is 18.3. The molecule has 0 aromatic heterocycles. The fourth-order valence-electron chi connectivity index (χ4n) is 4.38. The molecule has 0 amide bonds. The van der Waals surface area contributed by atoms with Crippen molar-refractivity contribution in [1.82, 2.24) is 4.90 Å². The highest BCUT2D eigenvalue weighted by Gasteiger charge is 2.32. The van der Waals surface area contributed by atoms with Crippen LogP contribution >= 0.6 is 12.4 Å². The zero-order valence-electron chi connectivity index (χ0n) is 21.2. The number of hydrogen-bond acceptors (Lipinski definition) is 5. The lowest BCUT2D eigenvalue weighted by atomic mass is 9.92. The molecule has 0 radical (unpaired) electrons. The molecule has 188 valence electrons. The monoisotopic (exact) mass is 489 g/mol. The van der Waals surface area contributed by atoms with Crippen molar-refractivity contribution >= 4 is 18.4 Å². The number of ether oxygens (including phenoxy) is 3. The average molecular weight is 490 g/mol. The Morgan fingerprint density at radius 1 is 1.09 bits per heavy atom. The zero-order valence-corrected chi connectivity index (χ0v) is 22.0. The summed E-state index contributed by atoms with van der Waals surface area (Å²) >= 11 is 0. The van der Waals surface area contributed by atoms with Crippen LogP contribution in [-0.4, -0.2) is 50.3 Å². The molecule has 1 aliphatic rings. The maximum Gasteiger partial charge on any atom is 0.306 e. The minimum absolute atomic E-state index is 0. The van der Waals surface area contributed by atoms with Gasteiger partial charge in [0, 0.05) is 19.0 Å².